The van der Waals surface area contributed by atoms with Crippen molar-refractivity contribution in [3.05, 3.63) is 52.6 Å². The molecule has 7 nitrogen and oxygen atoms in total. The number of aryl methyl sites for hydroxylation is 1. The molecule has 3 heterocycles. The van der Waals surface area contributed by atoms with Crippen LogP contribution in [0.1, 0.15) is 5.56 Å². The number of anilines is 3. The van der Waals surface area contributed by atoms with Gasteiger partial charge < -0.3 is 20.3 Å². The number of nitrogens with one attached hydrogen (secondary N) is 2. The number of alkyl halides is 2. The van der Waals surface area contributed by atoms with E-state index in [1.165, 1.54) is 4.57 Å². The summed E-state index contributed by atoms with van der Waals surface area (Å²) in [5, 5.41) is 15.4. The number of halogens is 2. The molecule has 9 heteroatoms. The lowest BCUT2D eigenvalue weighted by Crippen LogP contribution is -2.23. The summed E-state index contributed by atoms with van der Waals surface area (Å²) in [6, 6.07) is 6.99. The largest absolute Gasteiger partial charge is 0.395 e. The highest BCUT2D eigenvalue weighted by Gasteiger charge is 2.14. The third-order valence-corrected chi connectivity index (χ3v) is 3.90. The molecular weight excluding hydrogens is 356 g/mol. The highest BCUT2D eigenvalue weighted by molar-refractivity contribution is 5.93. The van der Waals surface area contributed by atoms with Crippen molar-refractivity contribution in [2.45, 2.75) is 19.9 Å². The summed E-state index contributed by atoms with van der Waals surface area (Å²) in [7, 11) is 0. The molecule has 142 valence electrons. The maximum Gasteiger partial charge on any atom is 0.262 e. The van der Waals surface area contributed by atoms with Gasteiger partial charge in [-0.05, 0) is 42.1 Å². The Morgan fingerprint density at radius 3 is 2.78 bits per heavy atom. The first-order chi connectivity index (χ1) is 13.0. The van der Waals surface area contributed by atoms with E-state index < -0.39 is 18.5 Å². The van der Waals surface area contributed by atoms with E-state index in [1.54, 1.807) is 24.5 Å². The first-order valence-electron chi connectivity index (χ1n) is 8.34. The van der Waals surface area contributed by atoms with E-state index in [-0.39, 0.29) is 24.4 Å². The van der Waals surface area contributed by atoms with E-state index in [9.17, 15) is 13.6 Å². The van der Waals surface area contributed by atoms with Crippen molar-refractivity contribution >= 4 is 28.2 Å². The lowest BCUT2D eigenvalue weighted by Gasteiger charge is -2.13. The van der Waals surface area contributed by atoms with Crippen LogP contribution in [-0.2, 0) is 6.54 Å². The van der Waals surface area contributed by atoms with Crippen LogP contribution < -0.4 is 16.2 Å². The second-order valence-corrected chi connectivity index (χ2v) is 5.97. The van der Waals surface area contributed by atoms with Crippen molar-refractivity contribution in [2.24, 2.45) is 0 Å². The van der Waals surface area contributed by atoms with Crippen LogP contribution in [0, 0.1) is 6.92 Å². The van der Waals surface area contributed by atoms with Crippen molar-refractivity contribution in [3.63, 3.8) is 0 Å². The number of aliphatic hydroxyl groups is 1. The van der Waals surface area contributed by atoms with Crippen LogP contribution in [0.25, 0.3) is 10.8 Å². The average molecular weight is 375 g/mol. The molecule has 3 rings (SSSR count). The first kappa shape index (κ1) is 18.7. The van der Waals surface area contributed by atoms with E-state index in [0.717, 1.165) is 5.56 Å². The van der Waals surface area contributed by atoms with Gasteiger partial charge in [-0.3, -0.25) is 4.79 Å². The molecule has 0 radical (unpaired) electrons. The molecule has 0 saturated heterocycles. The zero-order valence-corrected chi connectivity index (χ0v) is 14.6. The molecule has 0 fully saturated rings. The van der Waals surface area contributed by atoms with E-state index in [0.29, 0.717) is 17.0 Å². The maximum absolute atomic E-state index is 12.7. The van der Waals surface area contributed by atoms with Gasteiger partial charge in [-0.25, -0.2) is 18.7 Å². The van der Waals surface area contributed by atoms with Gasteiger partial charge in [0.15, 0.2) is 0 Å². The molecule has 3 aromatic heterocycles. The zero-order valence-electron chi connectivity index (χ0n) is 14.6. The fraction of sp³-hybridized carbons (Fsp3) is 0.278. The number of aromatic nitrogens is 3. The fourth-order valence-corrected chi connectivity index (χ4v) is 2.69. The van der Waals surface area contributed by atoms with Crippen molar-refractivity contribution in [1.82, 2.24) is 14.5 Å². The number of rotatable bonds is 7. The minimum absolute atomic E-state index is 0.0558. The summed E-state index contributed by atoms with van der Waals surface area (Å²) < 4.78 is 26.7. The second-order valence-electron chi connectivity index (χ2n) is 5.97. The molecule has 0 unspecified atom stereocenters. The molecule has 0 spiro atoms. The lowest BCUT2D eigenvalue weighted by atomic mass is 10.2. The lowest BCUT2D eigenvalue weighted by molar-refractivity contribution is 0.163. The normalized spacial score (nSPS) is 11.1. The minimum Gasteiger partial charge on any atom is -0.395 e. The predicted molar refractivity (Wildman–Crippen MR) is 99.8 cm³/mol. The van der Waals surface area contributed by atoms with Gasteiger partial charge in [-0.1, -0.05) is 0 Å². The topological polar surface area (TPSA) is 92.1 Å². The molecule has 0 bridgehead atoms. The molecular formula is C18H19F2N5O2. The van der Waals surface area contributed by atoms with Gasteiger partial charge in [-0.2, -0.15) is 0 Å². The minimum atomic E-state index is -2.60. The van der Waals surface area contributed by atoms with Crippen molar-refractivity contribution in [2.75, 3.05) is 23.8 Å². The van der Waals surface area contributed by atoms with Crippen LogP contribution in [0.5, 0.6) is 0 Å². The molecule has 0 aromatic carbocycles. The number of aliphatic hydroxyl groups excluding tert-OH is 1. The van der Waals surface area contributed by atoms with Crippen molar-refractivity contribution in [3.8, 4) is 0 Å². The fourth-order valence-electron chi connectivity index (χ4n) is 2.69. The Bertz CT molecular complexity index is 1010. The Hall–Kier alpha value is -3.07. The number of fused-ring (bicyclic) bond motifs is 1. The predicted octanol–water partition coefficient (Wildman–Crippen LogP) is 2.51. The van der Waals surface area contributed by atoms with E-state index >= 15 is 0 Å². The highest BCUT2D eigenvalue weighted by atomic mass is 19.3. The molecule has 0 aliphatic heterocycles. The van der Waals surface area contributed by atoms with Crippen LogP contribution >= 0.6 is 0 Å². The standard InChI is InChI=1S/C18H19F2N5O2/c1-11-2-4-21-14(8-11)23-15-9-12-3-5-25(6-7-26)18(27)16(12)17(24-15)22-10-13(19)20/h2-5,8-9,13,26H,6-7,10H2,1H3,(H2,21,22,23,24). The van der Waals surface area contributed by atoms with E-state index in [1.807, 2.05) is 19.1 Å². The average Bonchev–Trinajstić information content (AvgIpc) is 2.62. The number of nitrogens with zero attached hydrogens (tertiary/aromatic N) is 3. The van der Waals surface area contributed by atoms with Crippen LogP contribution in [0.2, 0.25) is 0 Å². The van der Waals surface area contributed by atoms with Crippen LogP contribution in [-0.4, -0.2) is 39.2 Å². The molecule has 0 aliphatic carbocycles. The first-order valence-corrected chi connectivity index (χ1v) is 8.34. The van der Waals surface area contributed by atoms with Crippen molar-refractivity contribution in [1.29, 1.82) is 0 Å². The van der Waals surface area contributed by atoms with Gasteiger partial charge in [0.1, 0.15) is 17.5 Å². The van der Waals surface area contributed by atoms with Crippen LogP contribution in [0.4, 0.5) is 26.2 Å². The Kier molecular flexibility index (Phi) is 5.60. The van der Waals surface area contributed by atoms with Gasteiger partial charge in [0.05, 0.1) is 18.5 Å². The molecule has 0 aliphatic rings. The monoisotopic (exact) mass is 375 g/mol. The zero-order chi connectivity index (χ0) is 19.4. The van der Waals surface area contributed by atoms with E-state index in [2.05, 4.69) is 20.6 Å². The quantitative estimate of drug-likeness (QED) is 0.588. The number of hydrogen-bond donors (Lipinski definition) is 3. The molecule has 3 aromatic rings. The summed E-state index contributed by atoms with van der Waals surface area (Å²) in [6.45, 7) is 1.18. The van der Waals surface area contributed by atoms with Crippen LogP contribution in [0.3, 0.4) is 0 Å². The smallest absolute Gasteiger partial charge is 0.262 e. The Labute approximate surface area is 153 Å². The van der Waals surface area contributed by atoms with Gasteiger partial charge in [0.25, 0.3) is 12.0 Å². The molecule has 0 atom stereocenters. The van der Waals surface area contributed by atoms with Gasteiger partial charge in [-0.15, -0.1) is 0 Å². The summed E-state index contributed by atoms with van der Waals surface area (Å²) in [5.41, 5.74) is 0.585. The maximum atomic E-state index is 12.7. The summed E-state index contributed by atoms with van der Waals surface area (Å²) in [4.78, 5) is 21.1. The molecule has 0 amide bonds. The Morgan fingerprint density at radius 1 is 1.26 bits per heavy atom. The van der Waals surface area contributed by atoms with Crippen LogP contribution in [0.15, 0.2) is 41.5 Å². The van der Waals surface area contributed by atoms with E-state index in [4.69, 9.17) is 5.11 Å². The molecule has 27 heavy (non-hydrogen) atoms. The molecule has 3 N–H and O–H groups in total. The Balaban J connectivity index is 2.08. The number of pyridine rings is 3. The number of hydrogen-bond acceptors (Lipinski definition) is 6. The molecule has 0 saturated carbocycles. The highest BCUT2D eigenvalue weighted by Crippen LogP contribution is 2.24. The third kappa shape index (κ3) is 4.37. The van der Waals surface area contributed by atoms with Gasteiger partial charge in [0.2, 0.25) is 0 Å². The van der Waals surface area contributed by atoms with Crippen molar-refractivity contribution < 1.29 is 13.9 Å². The summed E-state index contributed by atoms with van der Waals surface area (Å²) >= 11 is 0. The second kappa shape index (κ2) is 8.09. The van der Waals surface area contributed by atoms with Gasteiger partial charge >= 0.3 is 0 Å². The summed E-state index contributed by atoms with van der Waals surface area (Å²) in [6.07, 6.45) is 0.592. The SMILES string of the molecule is Cc1ccnc(Nc2cc3ccn(CCO)c(=O)c3c(NCC(F)F)n2)c1. The Morgan fingerprint density at radius 2 is 2.07 bits per heavy atom. The third-order valence-electron chi connectivity index (χ3n) is 3.90. The summed E-state index contributed by atoms with van der Waals surface area (Å²) in [5.74, 6) is 0.979. The van der Waals surface area contributed by atoms with Gasteiger partial charge in [0, 0.05) is 18.9 Å².